The van der Waals surface area contributed by atoms with Crippen molar-refractivity contribution >= 4 is 11.1 Å². The van der Waals surface area contributed by atoms with Gasteiger partial charge in [-0.25, -0.2) is 4.98 Å². The molecule has 2 rings (SSSR count). The topological polar surface area (TPSA) is 35.3 Å². The molecule has 0 aliphatic rings. The highest BCUT2D eigenvalue weighted by molar-refractivity contribution is 5.74. The summed E-state index contributed by atoms with van der Waals surface area (Å²) in [6.45, 7) is 8.11. The number of ether oxygens (including phenoxy) is 1. The van der Waals surface area contributed by atoms with Gasteiger partial charge in [-0.3, -0.25) is 0 Å². The zero-order valence-corrected chi connectivity index (χ0v) is 10.6. The third kappa shape index (κ3) is 2.54. The molecule has 2 aromatic rings. The summed E-state index contributed by atoms with van der Waals surface area (Å²) in [6, 6.07) is 5.63. The van der Waals surface area contributed by atoms with Gasteiger partial charge in [-0.15, -0.1) is 0 Å². The first-order valence-electron chi connectivity index (χ1n) is 5.65. The molecular weight excluding hydrogens is 202 g/mol. The molecule has 0 atom stereocenters. The molecular formula is C13H19NO2. The third-order valence-electron chi connectivity index (χ3n) is 2.11. The Bertz CT molecular complexity index is 446. The Morgan fingerprint density at radius 1 is 1.25 bits per heavy atom. The number of aromatic nitrogens is 1. The maximum absolute atomic E-state index is 5.56. The second-order valence-electron chi connectivity index (χ2n) is 3.54. The molecule has 1 aromatic carbocycles. The van der Waals surface area contributed by atoms with Crippen LogP contribution in [0.25, 0.3) is 11.1 Å². The number of hydrogen-bond acceptors (Lipinski definition) is 3. The van der Waals surface area contributed by atoms with Gasteiger partial charge >= 0.3 is 0 Å². The molecule has 3 nitrogen and oxygen atoms in total. The van der Waals surface area contributed by atoms with E-state index in [0.29, 0.717) is 5.92 Å². The van der Waals surface area contributed by atoms with Gasteiger partial charge in [0, 0.05) is 12.0 Å². The number of hydrogen-bond donors (Lipinski definition) is 0. The molecule has 0 aliphatic heterocycles. The maximum Gasteiger partial charge on any atom is 0.198 e. The number of oxazole rings is 1. The van der Waals surface area contributed by atoms with Gasteiger partial charge in [0.25, 0.3) is 0 Å². The van der Waals surface area contributed by atoms with Gasteiger partial charge in [0.2, 0.25) is 0 Å². The van der Waals surface area contributed by atoms with Crippen LogP contribution in [0.4, 0.5) is 0 Å². The number of fused-ring (bicyclic) bond motifs is 1. The number of nitrogens with zero attached hydrogens (tertiary/aromatic N) is 1. The Morgan fingerprint density at radius 2 is 1.94 bits per heavy atom. The van der Waals surface area contributed by atoms with Gasteiger partial charge in [0.1, 0.15) is 11.3 Å². The largest absolute Gasteiger partial charge is 0.497 e. The smallest absolute Gasteiger partial charge is 0.198 e. The van der Waals surface area contributed by atoms with E-state index in [1.807, 2.05) is 32.0 Å². The van der Waals surface area contributed by atoms with E-state index in [0.717, 1.165) is 22.7 Å². The Hall–Kier alpha value is -1.51. The fourth-order valence-electron chi connectivity index (χ4n) is 1.30. The fourth-order valence-corrected chi connectivity index (χ4v) is 1.30. The van der Waals surface area contributed by atoms with E-state index in [1.54, 1.807) is 7.11 Å². The van der Waals surface area contributed by atoms with E-state index in [1.165, 1.54) is 0 Å². The summed E-state index contributed by atoms with van der Waals surface area (Å²) in [7, 11) is 1.64. The van der Waals surface area contributed by atoms with Crippen LogP contribution in [0, 0.1) is 0 Å². The summed E-state index contributed by atoms with van der Waals surface area (Å²) in [4.78, 5) is 4.37. The minimum Gasteiger partial charge on any atom is -0.497 e. The Balaban J connectivity index is 0.000000606. The van der Waals surface area contributed by atoms with Crippen molar-refractivity contribution in [2.45, 2.75) is 33.6 Å². The van der Waals surface area contributed by atoms with Crippen molar-refractivity contribution in [1.82, 2.24) is 4.98 Å². The lowest BCUT2D eigenvalue weighted by Crippen LogP contribution is -1.85. The predicted octanol–water partition coefficient (Wildman–Crippen LogP) is 3.99. The molecule has 3 heteroatoms. The van der Waals surface area contributed by atoms with Gasteiger partial charge in [0.05, 0.1) is 7.11 Å². The van der Waals surface area contributed by atoms with Crippen molar-refractivity contribution in [1.29, 1.82) is 0 Å². The van der Waals surface area contributed by atoms with E-state index in [2.05, 4.69) is 18.8 Å². The molecule has 0 unspecified atom stereocenters. The standard InChI is InChI=1S/C11H13NO2.C2H6/c1-7(2)11-12-9-6-8(13-3)4-5-10(9)14-11;1-2/h4-7H,1-3H3;1-2H3. The molecule has 0 radical (unpaired) electrons. The van der Waals surface area contributed by atoms with Crippen LogP contribution < -0.4 is 4.74 Å². The lowest BCUT2D eigenvalue weighted by Gasteiger charge is -1.95. The predicted molar refractivity (Wildman–Crippen MR) is 66.0 cm³/mol. The van der Waals surface area contributed by atoms with Gasteiger partial charge in [-0.1, -0.05) is 27.7 Å². The molecule has 88 valence electrons. The molecule has 0 aliphatic carbocycles. The first-order valence-corrected chi connectivity index (χ1v) is 5.65. The van der Waals surface area contributed by atoms with Gasteiger partial charge in [-0.2, -0.15) is 0 Å². The summed E-state index contributed by atoms with van der Waals surface area (Å²) in [5.74, 6) is 1.89. The van der Waals surface area contributed by atoms with Crippen molar-refractivity contribution < 1.29 is 9.15 Å². The van der Waals surface area contributed by atoms with Crippen molar-refractivity contribution in [3.63, 3.8) is 0 Å². The quantitative estimate of drug-likeness (QED) is 0.769. The molecule has 0 amide bonds. The average molecular weight is 221 g/mol. The van der Waals surface area contributed by atoms with Crippen LogP contribution in [0.2, 0.25) is 0 Å². The zero-order valence-electron chi connectivity index (χ0n) is 10.6. The first kappa shape index (κ1) is 12.6. The fraction of sp³-hybridized carbons (Fsp3) is 0.462. The van der Waals surface area contributed by atoms with Crippen LogP contribution >= 0.6 is 0 Å². The van der Waals surface area contributed by atoms with E-state index in [9.17, 15) is 0 Å². The highest BCUT2D eigenvalue weighted by Crippen LogP contribution is 2.24. The average Bonchev–Trinajstić information content (AvgIpc) is 2.74. The second-order valence-corrected chi connectivity index (χ2v) is 3.54. The SMILES string of the molecule is CC.COc1ccc2oc(C(C)C)nc2c1. The van der Waals surface area contributed by atoms with Crippen LogP contribution in [-0.2, 0) is 0 Å². The highest BCUT2D eigenvalue weighted by Gasteiger charge is 2.09. The van der Waals surface area contributed by atoms with Crippen molar-refractivity contribution in [3.05, 3.63) is 24.1 Å². The van der Waals surface area contributed by atoms with Crippen molar-refractivity contribution in [2.24, 2.45) is 0 Å². The third-order valence-corrected chi connectivity index (χ3v) is 2.11. The zero-order chi connectivity index (χ0) is 12.1. The molecule has 16 heavy (non-hydrogen) atoms. The summed E-state index contributed by atoms with van der Waals surface area (Å²) >= 11 is 0. The molecule has 0 N–H and O–H groups in total. The van der Waals surface area contributed by atoms with Gasteiger partial charge < -0.3 is 9.15 Å². The van der Waals surface area contributed by atoms with Crippen LogP contribution in [0.1, 0.15) is 39.5 Å². The Morgan fingerprint density at radius 3 is 2.50 bits per heavy atom. The summed E-state index contributed by atoms with van der Waals surface area (Å²) in [6.07, 6.45) is 0. The normalized spacial score (nSPS) is 10.1. The van der Waals surface area contributed by atoms with Crippen LogP contribution in [-0.4, -0.2) is 12.1 Å². The first-order chi connectivity index (χ1) is 7.70. The van der Waals surface area contributed by atoms with E-state index in [-0.39, 0.29) is 0 Å². The van der Waals surface area contributed by atoms with Crippen LogP contribution in [0.15, 0.2) is 22.6 Å². The summed E-state index contributed by atoms with van der Waals surface area (Å²) in [5.41, 5.74) is 1.67. The number of methoxy groups -OCH3 is 1. The lowest BCUT2D eigenvalue weighted by molar-refractivity contribution is 0.415. The summed E-state index contributed by atoms with van der Waals surface area (Å²) in [5, 5.41) is 0. The molecule has 1 aromatic heterocycles. The molecule has 0 bridgehead atoms. The van der Waals surface area contributed by atoms with Crippen molar-refractivity contribution in [2.75, 3.05) is 7.11 Å². The van der Waals surface area contributed by atoms with Gasteiger partial charge in [-0.05, 0) is 12.1 Å². The lowest BCUT2D eigenvalue weighted by atomic mass is 10.2. The van der Waals surface area contributed by atoms with E-state index >= 15 is 0 Å². The monoisotopic (exact) mass is 221 g/mol. The molecule has 1 heterocycles. The Kier molecular flexibility index (Phi) is 4.35. The minimum atomic E-state index is 0.313. The van der Waals surface area contributed by atoms with Crippen molar-refractivity contribution in [3.8, 4) is 5.75 Å². The van der Waals surface area contributed by atoms with Crippen LogP contribution in [0.5, 0.6) is 5.75 Å². The molecule has 0 spiro atoms. The summed E-state index contributed by atoms with van der Waals surface area (Å²) < 4.78 is 10.7. The van der Waals surface area contributed by atoms with Crippen LogP contribution in [0.3, 0.4) is 0 Å². The second kappa shape index (κ2) is 5.54. The number of benzene rings is 1. The van der Waals surface area contributed by atoms with E-state index in [4.69, 9.17) is 9.15 Å². The minimum absolute atomic E-state index is 0.313. The molecule has 0 fully saturated rings. The maximum atomic E-state index is 5.56. The molecule has 0 saturated carbocycles. The number of rotatable bonds is 2. The van der Waals surface area contributed by atoms with E-state index < -0.39 is 0 Å². The van der Waals surface area contributed by atoms with Gasteiger partial charge in [0.15, 0.2) is 11.5 Å². The highest BCUT2D eigenvalue weighted by atomic mass is 16.5. The Labute approximate surface area is 96.4 Å². The molecule has 0 saturated heterocycles.